The molecule has 0 spiro atoms. The summed E-state index contributed by atoms with van der Waals surface area (Å²) in [6.07, 6.45) is 7.21. The molecule has 8 nitrogen and oxygen atoms in total. The van der Waals surface area contributed by atoms with E-state index >= 15 is 0 Å². The molecule has 0 saturated carbocycles. The van der Waals surface area contributed by atoms with Crippen molar-refractivity contribution in [2.75, 3.05) is 18.4 Å². The van der Waals surface area contributed by atoms with E-state index in [9.17, 15) is 19.2 Å². The fraction of sp³-hybridized carbons (Fsp3) is 0.217. The smallest absolute Gasteiger partial charge is 0.264 e. The Morgan fingerprint density at radius 3 is 2.48 bits per heavy atom. The third-order valence-corrected chi connectivity index (χ3v) is 5.22. The van der Waals surface area contributed by atoms with Gasteiger partial charge in [-0.25, -0.2) is 0 Å². The molecule has 160 valence electrons. The molecule has 1 unspecified atom stereocenters. The highest BCUT2D eigenvalue weighted by molar-refractivity contribution is 6.25. The number of nitrogens with zero attached hydrogens (tertiary/aromatic N) is 1. The summed E-state index contributed by atoms with van der Waals surface area (Å²) < 4.78 is 0. The van der Waals surface area contributed by atoms with E-state index in [0.717, 1.165) is 16.0 Å². The molecule has 2 heterocycles. The first kappa shape index (κ1) is 21.9. The lowest BCUT2D eigenvalue weighted by molar-refractivity contribution is -0.136. The number of fused-ring (bicyclic) bond motifs is 1. The van der Waals surface area contributed by atoms with Crippen molar-refractivity contribution in [2.45, 2.75) is 18.9 Å². The first-order valence-corrected chi connectivity index (χ1v) is 9.84. The Bertz CT molecular complexity index is 1040. The Morgan fingerprint density at radius 1 is 1.13 bits per heavy atom. The lowest BCUT2D eigenvalue weighted by Crippen LogP contribution is -2.54. The molecule has 0 aromatic heterocycles. The van der Waals surface area contributed by atoms with Gasteiger partial charge < -0.3 is 11.1 Å². The molecule has 1 aromatic carbocycles. The van der Waals surface area contributed by atoms with Gasteiger partial charge in [-0.15, -0.1) is 0 Å². The summed E-state index contributed by atoms with van der Waals surface area (Å²) in [5.74, 6) is -2.15. The fourth-order valence-electron chi connectivity index (χ4n) is 3.49. The summed E-state index contributed by atoms with van der Waals surface area (Å²) in [6, 6.07) is 3.92. The van der Waals surface area contributed by atoms with Crippen LogP contribution in [0.2, 0.25) is 0 Å². The van der Waals surface area contributed by atoms with Crippen LogP contribution >= 0.6 is 0 Å². The summed E-state index contributed by atoms with van der Waals surface area (Å²) in [7, 11) is 0. The van der Waals surface area contributed by atoms with Gasteiger partial charge in [-0.05, 0) is 29.7 Å². The molecule has 2 aliphatic rings. The Labute approximate surface area is 180 Å². The van der Waals surface area contributed by atoms with Crippen molar-refractivity contribution in [3.63, 3.8) is 0 Å². The molecule has 0 bridgehead atoms. The molecular weight excluding hydrogens is 396 g/mol. The van der Waals surface area contributed by atoms with Crippen LogP contribution in [0.5, 0.6) is 0 Å². The van der Waals surface area contributed by atoms with Crippen LogP contribution in [-0.4, -0.2) is 47.7 Å². The highest BCUT2D eigenvalue weighted by Crippen LogP contribution is 2.32. The highest BCUT2D eigenvalue weighted by atomic mass is 16.2. The zero-order chi connectivity index (χ0) is 22.5. The SMILES string of the molecule is C=C/C(=C\C=C(/C=C)CNc1cccc2c1C(=O)N(C1CCC(=O)NC1=O)C2=O)CN. The number of benzene rings is 1. The number of nitrogens with one attached hydrogen (secondary N) is 2. The Kier molecular flexibility index (Phi) is 6.61. The summed E-state index contributed by atoms with van der Waals surface area (Å²) >= 11 is 0. The number of hydrogen-bond donors (Lipinski definition) is 3. The summed E-state index contributed by atoms with van der Waals surface area (Å²) in [4.78, 5) is 50.6. The first-order chi connectivity index (χ1) is 14.9. The third-order valence-electron chi connectivity index (χ3n) is 5.22. The van der Waals surface area contributed by atoms with Crippen LogP contribution in [-0.2, 0) is 9.59 Å². The quantitative estimate of drug-likeness (QED) is 0.435. The molecule has 1 saturated heterocycles. The number of anilines is 1. The van der Waals surface area contributed by atoms with Crippen LogP contribution in [0.15, 0.2) is 66.8 Å². The second kappa shape index (κ2) is 9.36. The molecule has 1 fully saturated rings. The molecule has 8 heteroatoms. The van der Waals surface area contributed by atoms with E-state index in [2.05, 4.69) is 23.8 Å². The van der Waals surface area contributed by atoms with Gasteiger partial charge in [-0.3, -0.25) is 29.4 Å². The van der Waals surface area contributed by atoms with Crippen LogP contribution in [0.1, 0.15) is 33.6 Å². The van der Waals surface area contributed by atoms with E-state index in [4.69, 9.17) is 5.73 Å². The maximum Gasteiger partial charge on any atom is 0.264 e. The van der Waals surface area contributed by atoms with Gasteiger partial charge in [-0.1, -0.05) is 43.5 Å². The number of nitrogens with two attached hydrogens (primary N) is 1. The molecule has 1 atom stereocenters. The lowest BCUT2D eigenvalue weighted by atomic mass is 10.0. The number of rotatable bonds is 8. The van der Waals surface area contributed by atoms with Gasteiger partial charge in [0, 0.05) is 25.2 Å². The second-order valence-corrected chi connectivity index (χ2v) is 7.12. The zero-order valence-electron chi connectivity index (χ0n) is 17.0. The molecule has 0 radical (unpaired) electrons. The van der Waals surface area contributed by atoms with Crippen LogP contribution in [0.25, 0.3) is 0 Å². The average molecular weight is 420 g/mol. The highest BCUT2D eigenvalue weighted by Gasteiger charge is 2.45. The standard InChI is InChI=1S/C23H24N4O4/c1-3-14(12-24)8-9-15(4-2)13-25-17-7-5-6-16-20(17)23(31)27(22(16)30)18-10-11-19(28)26-21(18)29/h3-9,18,25H,1-2,10-13,24H2,(H,26,28,29)/b14-8+,15-9+. The van der Waals surface area contributed by atoms with Gasteiger partial charge in [0.05, 0.1) is 11.1 Å². The van der Waals surface area contributed by atoms with E-state index < -0.39 is 29.7 Å². The van der Waals surface area contributed by atoms with E-state index in [0.29, 0.717) is 18.8 Å². The van der Waals surface area contributed by atoms with E-state index in [1.165, 1.54) is 0 Å². The summed E-state index contributed by atoms with van der Waals surface area (Å²) in [5.41, 5.74) is 8.24. The van der Waals surface area contributed by atoms with Crippen molar-refractivity contribution in [1.29, 1.82) is 0 Å². The van der Waals surface area contributed by atoms with Gasteiger partial charge in [0.15, 0.2) is 0 Å². The number of piperidine rings is 1. The molecule has 3 rings (SSSR count). The monoisotopic (exact) mass is 420 g/mol. The van der Waals surface area contributed by atoms with Crippen molar-refractivity contribution < 1.29 is 19.2 Å². The van der Waals surface area contributed by atoms with Crippen molar-refractivity contribution >= 4 is 29.3 Å². The van der Waals surface area contributed by atoms with Gasteiger partial charge in [0.25, 0.3) is 11.8 Å². The van der Waals surface area contributed by atoms with Gasteiger partial charge in [0.1, 0.15) is 6.04 Å². The molecule has 4 N–H and O–H groups in total. The minimum Gasteiger partial charge on any atom is -0.380 e. The lowest BCUT2D eigenvalue weighted by Gasteiger charge is -2.27. The van der Waals surface area contributed by atoms with E-state index in [1.54, 1.807) is 30.4 Å². The second-order valence-electron chi connectivity index (χ2n) is 7.12. The predicted molar refractivity (Wildman–Crippen MR) is 117 cm³/mol. The average Bonchev–Trinajstić information content (AvgIpc) is 3.02. The van der Waals surface area contributed by atoms with Crippen molar-refractivity contribution in [3.8, 4) is 0 Å². The number of imide groups is 2. The van der Waals surface area contributed by atoms with Gasteiger partial charge in [0.2, 0.25) is 11.8 Å². The van der Waals surface area contributed by atoms with Gasteiger partial charge >= 0.3 is 0 Å². The van der Waals surface area contributed by atoms with E-state index in [-0.39, 0.29) is 24.0 Å². The summed E-state index contributed by atoms with van der Waals surface area (Å²) in [6.45, 7) is 8.20. The zero-order valence-corrected chi connectivity index (χ0v) is 17.0. The number of carbonyl (C=O) groups is 4. The molecule has 2 aliphatic heterocycles. The van der Waals surface area contributed by atoms with Crippen molar-refractivity contribution in [2.24, 2.45) is 5.73 Å². The molecule has 31 heavy (non-hydrogen) atoms. The van der Waals surface area contributed by atoms with Crippen LogP contribution in [0.4, 0.5) is 5.69 Å². The first-order valence-electron chi connectivity index (χ1n) is 9.84. The predicted octanol–water partition coefficient (Wildman–Crippen LogP) is 1.68. The number of carbonyl (C=O) groups excluding carboxylic acids is 4. The number of amides is 4. The third kappa shape index (κ3) is 4.39. The number of hydrogen-bond acceptors (Lipinski definition) is 6. The minimum absolute atomic E-state index is 0.0748. The van der Waals surface area contributed by atoms with Crippen LogP contribution in [0.3, 0.4) is 0 Å². The van der Waals surface area contributed by atoms with Crippen molar-refractivity contribution in [1.82, 2.24) is 10.2 Å². The molecule has 4 amide bonds. The van der Waals surface area contributed by atoms with Crippen LogP contribution < -0.4 is 16.4 Å². The molecule has 1 aromatic rings. The Balaban J connectivity index is 1.83. The normalized spacial score (nSPS) is 19.3. The maximum absolute atomic E-state index is 13.1. The Morgan fingerprint density at radius 2 is 1.84 bits per heavy atom. The topological polar surface area (TPSA) is 122 Å². The number of allylic oxidation sites excluding steroid dienone is 2. The largest absolute Gasteiger partial charge is 0.380 e. The van der Waals surface area contributed by atoms with Gasteiger partial charge in [-0.2, -0.15) is 0 Å². The fourth-order valence-corrected chi connectivity index (χ4v) is 3.49. The Hall–Kier alpha value is -3.78. The van der Waals surface area contributed by atoms with Crippen molar-refractivity contribution in [3.05, 3.63) is 77.9 Å². The summed E-state index contributed by atoms with van der Waals surface area (Å²) in [5, 5.41) is 5.36. The minimum atomic E-state index is -1.000. The van der Waals surface area contributed by atoms with Crippen LogP contribution in [0, 0.1) is 0 Å². The van der Waals surface area contributed by atoms with E-state index in [1.807, 2.05) is 12.2 Å². The molecule has 0 aliphatic carbocycles. The molecular formula is C23H24N4O4. The maximum atomic E-state index is 13.1.